The zero-order valence-electron chi connectivity index (χ0n) is 14.0. The molecule has 5 nitrogen and oxygen atoms in total. The quantitative estimate of drug-likeness (QED) is 0.904. The Morgan fingerprint density at radius 2 is 2.17 bits per heavy atom. The molecule has 0 aliphatic carbocycles. The number of aromatic hydroxyl groups is 1. The largest absolute Gasteiger partial charge is 0.508 e. The molecule has 128 valence electrons. The Morgan fingerprint density at radius 3 is 3.00 bits per heavy atom. The molecule has 0 radical (unpaired) electrons. The van der Waals surface area contributed by atoms with Crippen molar-refractivity contribution >= 4 is 16.9 Å². The van der Waals surface area contributed by atoms with Crippen LogP contribution >= 0.6 is 0 Å². The van der Waals surface area contributed by atoms with Gasteiger partial charge in [-0.3, -0.25) is 4.90 Å². The van der Waals surface area contributed by atoms with Crippen LogP contribution in [-0.4, -0.2) is 41.8 Å². The van der Waals surface area contributed by atoms with Crippen LogP contribution in [0.5, 0.6) is 5.75 Å². The van der Waals surface area contributed by atoms with Crippen molar-refractivity contribution in [3.8, 4) is 5.75 Å². The lowest BCUT2D eigenvalue weighted by atomic mass is 10.0. The number of alkyl carbamates (subject to hydrolysis) is 1. The van der Waals surface area contributed by atoms with Crippen LogP contribution in [-0.2, 0) is 11.3 Å². The maximum absolute atomic E-state index is 11.6. The van der Waals surface area contributed by atoms with E-state index in [-0.39, 0.29) is 12.1 Å². The first kappa shape index (κ1) is 16.6. The summed E-state index contributed by atoms with van der Waals surface area (Å²) in [5.74, 6) is 0.328. The number of hydrogen-bond donors (Lipinski definition) is 2. The molecular formula is C19H24N2O3. The zero-order chi connectivity index (χ0) is 16.9. The first-order valence-electron chi connectivity index (χ1n) is 8.52. The maximum Gasteiger partial charge on any atom is 0.407 e. The fraction of sp³-hybridized carbons (Fsp3) is 0.421. The molecule has 2 N–H and O–H groups in total. The highest BCUT2D eigenvalue weighted by molar-refractivity contribution is 5.87. The molecule has 5 heteroatoms. The first-order chi connectivity index (χ1) is 11.7. The number of likely N-dealkylation sites (tertiary alicyclic amines) is 1. The minimum absolute atomic E-state index is 0.0925. The van der Waals surface area contributed by atoms with E-state index in [1.165, 1.54) is 0 Å². The summed E-state index contributed by atoms with van der Waals surface area (Å²) in [4.78, 5) is 13.9. The molecule has 1 aliphatic heterocycles. The lowest BCUT2D eigenvalue weighted by Crippen LogP contribution is -2.47. The topological polar surface area (TPSA) is 61.8 Å². The van der Waals surface area contributed by atoms with Gasteiger partial charge in [-0.15, -0.1) is 0 Å². The van der Waals surface area contributed by atoms with Crippen LogP contribution in [0.25, 0.3) is 10.8 Å². The van der Waals surface area contributed by atoms with Crippen LogP contribution in [0.2, 0.25) is 0 Å². The zero-order valence-corrected chi connectivity index (χ0v) is 14.0. The van der Waals surface area contributed by atoms with Crippen molar-refractivity contribution in [2.24, 2.45) is 0 Å². The average molecular weight is 328 g/mol. The van der Waals surface area contributed by atoms with Gasteiger partial charge in [-0.2, -0.15) is 0 Å². The van der Waals surface area contributed by atoms with E-state index in [2.05, 4.69) is 16.3 Å². The lowest BCUT2D eigenvalue weighted by molar-refractivity contribution is 0.132. The fourth-order valence-electron chi connectivity index (χ4n) is 3.37. The minimum Gasteiger partial charge on any atom is -0.508 e. The third-order valence-corrected chi connectivity index (χ3v) is 4.50. The number of nitrogens with zero attached hydrogens (tertiary/aromatic N) is 1. The lowest BCUT2D eigenvalue weighted by Gasteiger charge is -2.33. The number of fused-ring (bicyclic) bond motifs is 1. The standard InChI is InChI=1S/C19H24N2O3/c1-2-24-19(23)20-15-7-5-11-21(12-15)13-17-16-8-4-3-6-14(16)9-10-18(17)22/h3-4,6,8-10,15,22H,2,5,7,11-13H2,1H3,(H,20,23). The van der Waals surface area contributed by atoms with Crippen molar-refractivity contribution in [3.63, 3.8) is 0 Å². The maximum atomic E-state index is 11.6. The first-order valence-corrected chi connectivity index (χ1v) is 8.52. The van der Waals surface area contributed by atoms with Crippen molar-refractivity contribution in [2.45, 2.75) is 32.4 Å². The number of ether oxygens (including phenoxy) is 1. The summed E-state index contributed by atoms with van der Waals surface area (Å²) in [6.45, 7) is 4.58. The van der Waals surface area contributed by atoms with E-state index >= 15 is 0 Å². The SMILES string of the molecule is CCOC(=O)NC1CCCN(Cc2c(O)ccc3ccccc23)C1. The van der Waals surface area contributed by atoms with E-state index in [4.69, 9.17) is 4.74 Å². The molecular weight excluding hydrogens is 304 g/mol. The molecule has 1 saturated heterocycles. The molecule has 0 saturated carbocycles. The summed E-state index contributed by atoms with van der Waals surface area (Å²) in [7, 11) is 0. The van der Waals surface area contributed by atoms with E-state index in [0.29, 0.717) is 18.9 Å². The van der Waals surface area contributed by atoms with Crippen LogP contribution in [0.3, 0.4) is 0 Å². The van der Waals surface area contributed by atoms with Gasteiger partial charge in [0.15, 0.2) is 0 Å². The second kappa shape index (κ2) is 7.53. The molecule has 0 spiro atoms. The molecule has 1 fully saturated rings. The van der Waals surface area contributed by atoms with E-state index in [9.17, 15) is 9.90 Å². The van der Waals surface area contributed by atoms with E-state index in [0.717, 1.165) is 42.3 Å². The van der Waals surface area contributed by atoms with Crippen LogP contribution in [0.1, 0.15) is 25.3 Å². The molecule has 3 rings (SSSR count). The molecule has 24 heavy (non-hydrogen) atoms. The predicted molar refractivity (Wildman–Crippen MR) is 94.1 cm³/mol. The molecule has 0 aromatic heterocycles. The van der Waals surface area contributed by atoms with Crippen LogP contribution in [0.4, 0.5) is 4.79 Å². The summed E-state index contributed by atoms with van der Waals surface area (Å²) in [6.07, 6.45) is 1.62. The van der Waals surface area contributed by atoms with Crippen LogP contribution in [0, 0.1) is 0 Å². The monoisotopic (exact) mass is 328 g/mol. The van der Waals surface area contributed by atoms with E-state index in [1.54, 1.807) is 13.0 Å². The van der Waals surface area contributed by atoms with Gasteiger partial charge in [-0.1, -0.05) is 30.3 Å². The Labute approximate surface area is 142 Å². The van der Waals surface area contributed by atoms with Crippen LogP contribution in [0.15, 0.2) is 36.4 Å². The summed E-state index contributed by atoms with van der Waals surface area (Å²) in [6, 6.07) is 11.9. The highest BCUT2D eigenvalue weighted by Crippen LogP contribution is 2.29. The number of piperidine rings is 1. The third kappa shape index (κ3) is 3.79. The Bertz CT molecular complexity index is 717. The molecule has 1 aliphatic rings. The van der Waals surface area contributed by atoms with E-state index in [1.807, 2.05) is 24.3 Å². The Hall–Kier alpha value is -2.27. The van der Waals surface area contributed by atoms with Gasteiger partial charge in [0.2, 0.25) is 0 Å². The number of amides is 1. The van der Waals surface area contributed by atoms with Crippen molar-refractivity contribution in [1.82, 2.24) is 10.2 Å². The Balaban J connectivity index is 1.72. The fourth-order valence-corrected chi connectivity index (χ4v) is 3.37. The predicted octanol–water partition coefficient (Wildman–Crippen LogP) is 3.26. The van der Waals surface area contributed by atoms with E-state index < -0.39 is 0 Å². The number of nitrogens with one attached hydrogen (secondary N) is 1. The average Bonchev–Trinajstić information content (AvgIpc) is 2.58. The van der Waals surface area contributed by atoms with Gasteiger partial charge in [0.1, 0.15) is 5.75 Å². The highest BCUT2D eigenvalue weighted by Gasteiger charge is 2.23. The number of phenolic OH excluding ortho intramolecular Hbond substituents is 1. The van der Waals surface area contributed by atoms with Crippen molar-refractivity contribution in [1.29, 1.82) is 0 Å². The van der Waals surface area contributed by atoms with Gasteiger partial charge in [-0.25, -0.2) is 4.79 Å². The van der Waals surface area contributed by atoms with Gasteiger partial charge in [0.05, 0.1) is 6.61 Å². The van der Waals surface area contributed by atoms with Gasteiger partial charge >= 0.3 is 6.09 Å². The number of rotatable bonds is 4. The molecule has 1 heterocycles. The summed E-state index contributed by atoms with van der Waals surface area (Å²) >= 11 is 0. The second-order valence-electron chi connectivity index (χ2n) is 6.22. The summed E-state index contributed by atoms with van der Waals surface area (Å²) in [5, 5.41) is 15.4. The molecule has 0 bridgehead atoms. The molecule has 2 aromatic rings. The number of phenols is 1. The molecule has 1 atom stereocenters. The number of carbonyl (C=O) groups excluding carboxylic acids is 1. The normalized spacial score (nSPS) is 18.5. The number of carbonyl (C=O) groups is 1. The smallest absolute Gasteiger partial charge is 0.407 e. The van der Waals surface area contributed by atoms with Gasteiger partial charge in [0, 0.05) is 24.7 Å². The number of hydrogen-bond acceptors (Lipinski definition) is 4. The minimum atomic E-state index is -0.350. The van der Waals surface area contributed by atoms with Crippen molar-refractivity contribution in [2.75, 3.05) is 19.7 Å². The van der Waals surface area contributed by atoms with Crippen LogP contribution < -0.4 is 5.32 Å². The summed E-state index contributed by atoms with van der Waals surface area (Å²) < 4.78 is 4.97. The Morgan fingerprint density at radius 1 is 1.33 bits per heavy atom. The van der Waals surface area contributed by atoms with Crippen molar-refractivity contribution < 1.29 is 14.6 Å². The second-order valence-corrected chi connectivity index (χ2v) is 6.22. The third-order valence-electron chi connectivity index (χ3n) is 4.50. The van der Waals surface area contributed by atoms with Crippen molar-refractivity contribution in [3.05, 3.63) is 42.0 Å². The number of benzene rings is 2. The molecule has 1 amide bonds. The van der Waals surface area contributed by atoms with Gasteiger partial charge < -0.3 is 15.2 Å². The highest BCUT2D eigenvalue weighted by atomic mass is 16.5. The van der Waals surface area contributed by atoms with Gasteiger partial charge in [-0.05, 0) is 43.1 Å². The summed E-state index contributed by atoms with van der Waals surface area (Å²) in [5.41, 5.74) is 0.949. The van der Waals surface area contributed by atoms with Gasteiger partial charge in [0.25, 0.3) is 0 Å². The Kier molecular flexibility index (Phi) is 5.20. The molecule has 1 unspecified atom stereocenters. The molecule has 2 aromatic carbocycles.